The third-order valence-corrected chi connectivity index (χ3v) is 4.76. The number of aryl methyl sites for hydroxylation is 1. The van der Waals surface area contributed by atoms with Gasteiger partial charge in [0.25, 0.3) is 0 Å². The molecule has 0 aliphatic rings. The summed E-state index contributed by atoms with van der Waals surface area (Å²) < 4.78 is 5.81. The van der Waals surface area contributed by atoms with Crippen LogP contribution in [0.15, 0.2) is 42.5 Å². The van der Waals surface area contributed by atoms with E-state index in [2.05, 4.69) is 49.4 Å². The number of ether oxygens (including phenoxy) is 1. The number of hydrogen-bond donors (Lipinski definition) is 0. The van der Waals surface area contributed by atoms with Crippen LogP contribution in [0.3, 0.4) is 0 Å². The highest BCUT2D eigenvalue weighted by Crippen LogP contribution is 2.19. The van der Waals surface area contributed by atoms with E-state index in [1.54, 1.807) is 0 Å². The first kappa shape index (κ1) is 21.7. The molecule has 0 heterocycles. The summed E-state index contributed by atoms with van der Waals surface area (Å²) in [5.41, 5.74) is 1.45. The molecule has 0 aromatic heterocycles. The van der Waals surface area contributed by atoms with Gasteiger partial charge in [-0.3, -0.25) is 0 Å². The van der Waals surface area contributed by atoms with E-state index in [1.807, 2.05) is 0 Å². The van der Waals surface area contributed by atoms with Crippen molar-refractivity contribution in [2.75, 3.05) is 13.2 Å². The van der Waals surface area contributed by atoms with Gasteiger partial charge >= 0.3 is 0 Å². The highest BCUT2D eigenvalue weighted by atomic mass is 16.5. The van der Waals surface area contributed by atoms with E-state index in [4.69, 9.17) is 4.74 Å². The molecular weight excluding hydrogens is 308 g/mol. The maximum absolute atomic E-state index is 5.81. The molecule has 0 unspecified atom stereocenters. The van der Waals surface area contributed by atoms with Gasteiger partial charge in [-0.2, -0.15) is 0 Å². The van der Waals surface area contributed by atoms with Crippen LogP contribution in [-0.4, -0.2) is 18.7 Å². The number of hydrogen-bond acceptors (Lipinski definition) is 1. The van der Waals surface area contributed by atoms with Crippen molar-refractivity contribution in [1.82, 2.24) is 0 Å². The van der Waals surface area contributed by atoms with Crippen LogP contribution < -0.4 is 0 Å². The molecule has 0 saturated heterocycles. The van der Waals surface area contributed by atoms with Gasteiger partial charge in [0.2, 0.25) is 0 Å². The molecule has 0 aliphatic heterocycles. The smallest absolute Gasteiger partial charge is 0.0469 e. The lowest BCUT2D eigenvalue weighted by atomic mass is 10.0. The van der Waals surface area contributed by atoms with E-state index < -0.39 is 0 Å². The Labute approximate surface area is 153 Å². The minimum atomic E-state index is 0. The average Bonchev–Trinajstić information content (AvgIpc) is 2.63. The summed E-state index contributed by atoms with van der Waals surface area (Å²) in [4.78, 5) is 0. The van der Waals surface area contributed by atoms with Gasteiger partial charge < -0.3 is 10.2 Å². The zero-order valence-electron chi connectivity index (χ0n) is 15.9. The minimum absolute atomic E-state index is 0. The van der Waals surface area contributed by atoms with Gasteiger partial charge in [0, 0.05) is 13.2 Å². The van der Waals surface area contributed by atoms with Gasteiger partial charge in [-0.15, -0.1) is 0 Å². The second-order valence-corrected chi connectivity index (χ2v) is 6.83. The van der Waals surface area contributed by atoms with Crippen LogP contribution in [0.5, 0.6) is 0 Å². The molecule has 0 aliphatic carbocycles. The zero-order valence-corrected chi connectivity index (χ0v) is 15.9. The summed E-state index contributed by atoms with van der Waals surface area (Å²) in [5, 5.41) is 2.73. The Morgan fingerprint density at radius 1 is 0.680 bits per heavy atom. The molecule has 140 valence electrons. The normalized spacial score (nSPS) is 10.8. The first-order valence-corrected chi connectivity index (χ1v) is 9.96. The first-order valence-electron chi connectivity index (χ1n) is 9.96. The lowest BCUT2D eigenvalue weighted by Gasteiger charge is -2.07. The van der Waals surface area contributed by atoms with Crippen molar-refractivity contribution in [3.05, 3.63) is 48.0 Å². The van der Waals surface area contributed by atoms with Crippen LogP contribution in [0, 0.1) is 0 Å². The van der Waals surface area contributed by atoms with Crippen LogP contribution in [0.1, 0.15) is 70.3 Å². The molecule has 0 bridgehead atoms. The molecule has 0 spiro atoms. The Kier molecular flexibility index (Phi) is 12.0. The van der Waals surface area contributed by atoms with Crippen molar-refractivity contribution < 1.29 is 10.2 Å². The minimum Gasteiger partial charge on any atom is -0.412 e. The number of fused-ring (bicyclic) bond motifs is 1. The highest BCUT2D eigenvalue weighted by molar-refractivity contribution is 5.85. The average molecular weight is 345 g/mol. The van der Waals surface area contributed by atoms with E-state index in [9.17, 15) is 0 Å². The van der Waals surface area contributed by atoms with Gasteiger partial charge in [-0.05, 0) is 35.6 Å². The summed E-state index contributed by atoms with van der Waals surface area (Å²) in [6.07, 6.45) is 13.1. The fourth-order valence-corrected chi connectivity index (χ4v) is 3.32. The fourth-order valence-electron chi connectivity index (χ4n) is 3.32. The Morgan fingerprint density at radius 3 is 2.12 bits per heavy atom. The summed E-state index contributed by atoms with van der Waals surface area (Å²) in [7, 11) is 0. The number of unbranched alkanes of at least 4 members (excludes halogenated alkanes) is 7. The van der Waals surface area contributed by atoms with Crippen molar-refractivity contribution in [3.63, 3.8) is 0 Å². The van der Waals surface area contributed by atoms with Gasteiger partial charge in [-0.25, -0.2) is 0 Å². The SMILES string of the molecule is CCCCCCCCCCOCCCc1cccc2ccccc12.O. The largest absolute Gasteiger partial charge is 0.412 e. The van der Waals surface area contributed by atoms with E-state index in [0.717, 1.165) is 26.1 Å². The summed E-state index contributed by atoms with van der Waals surface area (Å²) >= 11 is 0. The van der Waals surface area contributed by atoms with Crippen molar-refractivity contribution in [2.24, 2.45) is 0 Å². The lowest BCUT2D eigenvalue weighted by molar-refractivity contribution is 0.127. The maximum Gasteiger partial charge on any atom is 0.0469 e. The molecule has 2 aromatic carbocycles. The molecular formula is C23H36O2. The second-order valence-electron chi connectivity index (χ2n) is 6.83. The van der Waals surface area contributed by atoms with Gasteiger partial charge in [0.15, 0.2) is 0 Å². The monoisotopic (exact) mass is 344 g/mol. The molecule has 2 nitrogen and oxygen atoms in total. The maximum atomic E-state index is 5.81. The van der Waals surface area contributed by atoms with Crippen LogP contribution in [0.2, 0.25) is 0 Å². The standard InChI is InChI=1S/C23H34O.H2O/c1-2-3-4-5-6-7-8-11-19-24-20-13-17-22-16-12-15-21-14-9-10-18-23(21)22;/h9-10,12,14-16,18H,2-8,11,13,17,19-20H2,1H3;1H2. The third-order valence-electron chi connectivity index (χ3n) is 4.76. The predicted octanol–water partition coefficient (Wildman–Crippen LogP) is 6.11. The summed E-state index contributed by atoms with van der Waals surface area (Å²) in [5.74, 6) is 0. The van der Waals surface area contributed by atoms with E-state index in [1.165, 1.54) is 67.7 Å². The van der Waals surface area contributed by atoms with Crippen LogP contribution in [0.25, 0.3) is 10.8 Å². The molecule has 0 saturated carbocycles. The Hall–Kier alpha value is -1.38. The van der Waals surface area contributed by atoms with E-state index >= 15 is 0 Å². The molecule has 2 aromatic rings. The lowest BCUT2D eigenvalue weighted by Crippen LogP contribution is -1.99. The molecule has 2 heteroatoms. The van der Waals surface area contributed by atoms with Crippen LogP contribution in [0.4, 0.5) is 0 Å². The number of benzene rings is 2. The zero-order chi connectivity index (χ0) is 16.9. The molecule has 2 N–H and O–H groups in total. The fraction of sp³-hybridized carbons (Fsp3) is 0.565. The number of rotatable bonds is 13. The molecule has 0 atom stereocenters. The van der Waals surface area contributed by atoms with Crippen LogP contribution in [-0.2, 0) is 11.2 Å². The Bertz CT molecular complexity index is 560. The molecule has 2 rings (SSSR count). The van der Waals surface area contributed by atoms with Crippen molar-refractivity contribution in [3.8, 4) is 0 Å². The van der Waals surface area contributed by atoms with E-state index in [0.29, 0.717) is 0 Å². The van der Waals surface area contributed by atoms with Gasteiger partial charge in [0.1, 0.15) is 0 Å². The third kappa shape index (κ3) is 8.51. The van der Waals surface area contributed by atoms with E-state index in [-0.39, 0.29) is 5.48 Å². The van der Waals surface area contributed by atoms with Crippen LogP contribution >= 0.6 is 0 Å². The van der Waals surface area contributed by atoms with Crippen molar-refractivity contribution >= 4 is 10.8 Å². The Morgan fingerprint density at radius 2 is 1.32 bits per heavy atom. The summed E-state index contributed by atoms with van der Waals surface area (Å²) in [6, 6.07) is 15.3. The quantitative estimate of drug-likeness (QED) is 0.404. The highest BCUT2D eigenvalue weighted by Gasteiger charge is 2.00. The van der Waals surface area contributed by atoms with Gasteiger partial charge in [-0.1, -0.05) is 94.3 Å². The molecule has 0 amide bonds. The molecule has 0 fully saturated rings. The molecule has 0 radical (unpaired) electrons. The van der Waals surface area contributed by atoms with Crippen molar-refractivity contribution in [1.29, 1.82) is 0 Å². The predicted molar refractivity (Wildman–Crippen MR) is 109 cm³/mol. The topological polar surface area (TPSA) is 40.7 Å². The first-order chi connectivity index (χ1) is 11.9. The van der Waals surface area contributed by atoms with Gasteiger partial charge in [0.05, 0.1) is 0 Å². The summed E-state index contributed by atoms with van der Waals surface area (Å²) in [6.45, 7) is 4.10. The second kappa shape index (κ2) is 13.9. The Balaban J connectivity index is 0.00000312. The molecule has 25 heavy (non-hydrogen) atoms. The van der Waals surface area contributed by atoms with Crippen molar-refractivity contribution in [2.45, 2.75) is 71.1 Å².